The van der Waals surface area contributed by atoms with Crippen LogP contribution in [0.1, 0.15) is 27.3 Å². The fourth-order valence-corrected chi connectivity index (χ4v) is 4.25. The Morgan fingerprint density at radius 2 is 1.70 bits per heavy atom. The maximum Gasteiger partial charge on any atom is 0.234 e. The van der Waals surface area contributed by atoms with E-state index in [9.17, 15) is 14.4 Å². The van der Waals surface area contributed by atoms with Gasteiger partial charge in [-0.1, -0.05) is 30.3 Å². The van der Waals surface area contributed by atoms with E-state index in [0.29, 0.717) is 25.2 Å². The van der Waals surface area contributed by atoms with Crippen LogP contribution in [-0.4, -0.2) is 52.0 Å². The quantitative estimate of drug-likeness (QED) is 0.649. The molecule has 0 unspecified atom stereocenters. The topological polar surface area (TPSA) is 73.5 Å². The van der Waals surface area contributed by atoms with Gasteiger partial charge in [-0.25, -0.2) is 0 Å². The number of imide groups is 1. The standard InChI is InChI=1S/C21H23N3O3/c1-13-8-16(14(2)22-13)19(25)12-23-10-17-18(11-23)21(27)24(20(17)26)9-15-6-4-3-5-7-15/h3-8,17-18,22H,9-12H2,1-2H3/t17-,18+. The summed E-state index contributed by atoms with van der Waals surface area (Å²) >= 11 is 0. The number of fused-ring (bicyclic) bond motifs is 1. The molecule has 2 atom stereocenters. The molecule has 6 heteroatoms. The summed E-state index contributed by atoms with van der Waals surface area (Å²) in [7, 11) is 0. The molecule has 1 aromatic carbocycles. The molecule has 140 valence electrons. The van der Waals surface area contributed by atoms with Gasteiger partial charge in [-0.3, -0.25) is 24.2 Å². The maximum atomic E-state index is 12.7. The van der Waals surface area contributed by atoms with Crippen molar-refractivity contribution in [3.63, 3.8) is 0 Å². The van der Waals surface area contributed by atoms with Gasteiger partial charge in [-0.2, -0.15) is 0 Å². The van der Waals surface area contributed by atoms with Crippen LogP contribution in [-0.2, 0) is 16.1 Å². The summed E-state index contributed by atoms with van der Waals surface area (Å²) in [4.78, 5) is 44.5. The lowest BCUT2D eigenvalue weighted by Crippen LogP contribution is -2.37. The smallest absolute Gasteiger partial charge is 0.234 e. The number of H-pyrrole nitrogens is 1. The van der Waals surface area contributed by atoms with Crippen molar-refractivity contribution in [2.45, 2.75) is 20.4 Å². The molecule has 2 fully saturated rings. The summed E-state index contributed by atoms with van der Waals surface area (Å²) in [6, 6.07) is 11.4. The Labute approximate surface area is 158 Å². The zero-order valence-electron chi connectivity index (χ0n) is 15.6. The van der Waals surface area contributed by atoms with Crippen molar-refractivity contribution < 1.29 is 14.4 Å². The number of carbonyl (C=O) groups excluding carboxylic acids is 3. The summed E-state index contributed by atoms with van der Waals surface area (Å²) in [5.41, 5.74) is 3.45. The lowest BCUT2D eigenvalue weighted by Gasteiger charge is -2.20. The Morgan fingerprint density at radius 1 is 1.07 bits per heavy atom. The normalized spacial score (nSPS) is 22.5. The molecule has 4 rings (SSSR count). The molecule has 6 nitrogen and oxygen atoms in total. The molecule has 2 aliphatic rings. The molecular formula is C21H23N3O3. The van der Waals surface area contributed by atoms with Gasteiger partial charge < -0.3 is 4.98 Å². The predicted octanol–water partition coefficient (Wildman–Crippen LogP) is 1.93. The van der Waals surface area contributed by atoms with Crippen LogP contribution in [0.3, 0.4) is 0 Å². The third-order valence-corrected chi connectivity index (χ3v) is 5.56. The molecule has 1 N–H and O–H groups in total. The minimum absolute atomic E-state index is 0.0258. The first-order chi connectivity index (χ1) is 12.9. The number of aryl methyl sites for hydroxylation is 2. The monoisotopic (exact) mass is 365 g/mol. The number of hydrogen-bond acceptors (Lipinski definition) is 4. The molecule has 2 saturated heterocycles. The van der Waals surface area contributed by atoms with Gasteiger partial charge in [-0.15, -0.1) is 0 Å². The van der Waals surface area contributed by atoms with Gasteiger partial charge >= 0.3 is 0 Å². The molecular weight excluding hydrogens is 342 g/mol. The second-order valence-corrected chi connectivity index (χ2v) is 7.57. The Hall–Kier alpha value is -2.73. The first-order valence-electron chi connectivity index (χ1n) is 9.25. The molecule has 0 radical (unpaired) electrons. The highest BCUT2D eigenvalue weighted by Crippen LogP contribution is 2.34. The van der Waals surface area contributed by atoms with Gasteiger partial charge in [0, 0.05) is 30.0 Å². The van der Waals surface area contributed by atoms with Crippen LogP contribution in [0.5, 0.6) is 0 Å². The van der Waals surface area contributed by atoms with Crippen molar-refractivity contribution in [3.05, 3.63) is 58.9 Å². The maximum absolute atomic E-state index is 12.7. The molecule has 0 spiro atoms. The van der Waals surface area contributed by atoms with Gasteiger partial charge in [0.05, 0.1) is 24.9 Å². The van der Waals surface area contributed by atoms with Crippen molar-refractivity contribution in [2.75, 3.05) is 19.6 Å². The number of ketones is 1. The third kappa shape index (κ3) is 3.21. The van der Waals surface area contributed by atoms with E-state index in [0.717, 1.165) is 17.0 Å². The number of hydrogen-bond donors (Lipinski definition) is 1. The summed E-state index contributed by atoms with van der Waals surface area (Å²) in [5.74, 6) is -0.862. The van der Waals surface area contributed by atoms with Crippen LogP contribution in [0.25, 0.3) is 0 Å². The summed E-state index contributed by atoms with van der Waals surface area (Å²) in [6.45, 7) is 5.30. The van der Waals surface area contributed by atoms with E-state index < -0.39 is 0 Å². The Morgan fingerprint density at radius 3 is 2.26 bits per heavy atom. The second kappa shape index (κ2) is 6.78. The number of nitrogens with zero attached hydrogens (tertiary/aromatic N) is 2. The van der Waals surface area contributed by atoms with E-state index >= 15 is 0 Å². The minimum Gasteiger partial charge on any atom is -0.362 e. The lowest BCUT2D eigenvalue weighted by molar-refractivity contribution is -0.141. The SMILES string of the molecule is Cc1cc(C(=O)CN2C[C@@H]3C(=O)N(Cc4ccccc4)C(=O)[C@@H]3C2)c(C)[nH]1. The van der Waals surface area contributed by atoms with Gasteiger partial charge in [0.25, 0.3) is 0 Å². The van der Waals surface area contributed by atoms with Gasteiger partial charge in [0.2, 0.25) is 11.8 Å². The van der Waals surface area contributed by atoms with Crippen LogP contribution in [0, 0.1) is 25.7 Å². The first-order valence-corrected chi connectivity index (χ1v) is 9.25. The molecule has 0 bridgehead atoms. The van der Waals surface area contributed by atoms with E-state index in [4.69, 9.17) is 0 Å². The third-order valence-electron chi connectivity index (χ3n) is 5.56. The van der Waals surface area contributed by atoms with E-state index in [1.54, 1.807) is 0 Å². The largest absolute Gasteiger partial charge is 0.362 e. The van der Waals surface area contributed by atoms with Crippen molar-refractivity contribution >= 4 is 17.6 Å². The fourth-order valence-electron chi connectivity index (χ4n) is 4.25. The Balaban J connectivity index is 1.42. The molecule has 0 aliphatic carbocycles. The molecule has 2 amide bonds. The number of amides is 2. The van der Waals surface area contributed by atoms with Gasteiger partial charge in [0.15, 0.2) is 5.78 Å². The number of aromatic nitrogens is 1. The predicted molar refractivity (Wildman–Crippen MR) is 100 cm³/mol. The molecule has 0 saturated carbocycles. The zero-order chi connectivity index (χ0) is 19.1. The molecule has 2 aromatic rings. The van der Waals surface area contributed by atoms with Crippen molar-refractivity contribution in [3.8, 4) is 0 Å². The van der Waals surface area contributed by atoms with Crippen LogP contribution < -0.4 is 0 Å². The number of nitrogens with one attached hydrogen (secondary N) is 1. The first kappa shape index (κ1) is 17.7. The van der Waals surface area contributed by atoms with Gasteiger partial charge in [-0.05, 0) is 25.5 Å². The Kier molecular flexibility index (Phi) is 4.44. The lowest BCUT2D eigenvalue weighted by atomic mass is 10.00. The number of likely N-dealkylation sites (tertiary alicyclic amines) is 2. The van der Waals surface area contributed by atoms with E-state index in [2.05, 4.69) is 4.98 Å². The Bertz CT molecular complexity index is 879. The van der Waals surface area contributed by atoms with Crippen LogP contribution in [0.15, 0.2) is 36.4 Å². The summed E-state index contributed by atoms with van der Waals surface area (Å²) in [6.07, 6.45) is 0. The minimum atomic E-state index is -0.330. The van der Waals surface area contributed by atoms with E-state index in [-0.39, 0.29) is 36.0 Å². The number of carbonyl (C=O) groups is 3. The van der Waals surface area contributed by atoms with Crippen LogP contribution >= 0.6 is 0 Å². The molecule has 1 aromatic heterocycles. The van der Waals surface area contributed by atoms with Crippen LogP contribution in [0.4, 0.5) is 0 Å². The molecule has 3 heterocycles. The van der Waals surface area contributed by atoms with Gasteiger partial charge in [0.1, 0.15) is 0 Å². The highest BCUT2D eigenvalue weighted by Gasteiger charge is 2.52. The average molecular weight is 365 g/mol. The summed E-state index contributed by atoms with van der Waals surface area (Å²) in [5, 5.41) is 0. The fraction of sp³-hybridized carbons (Fsp3) is 0.381. The number of aromatic amines is 1. The van der Waals surface area contributed by atoms with Crippen molar-refractivity contribution in [1.29, 1.82) is 0 Å². The van der Waals surface area contributed by atoms with Crippen molar-refractivity contribution in [1.82, 2.24) is 14.8 Å². The highest BCUT2D eigenvalue weighted by atomic mass is 16.2. The van der Waals surface area contributed by atoms with E-state index in [1.807, 2.05) is 55.1 Å². The zero-order valence-corrected chi connectivity index (χ0v) is 15.6. The highest BCUT2D eigenvalue weighted by molar-refractivity contribution is 6.06. The average Bonchev–Trinajstić information content (AvgIpc) is 3.27. The molecule has 2 aliphatic heterocycles. The van der Waals surface area contributed by atoms with Crippen LogP contribution in [0.2, 0.25) is 0 Å². The summed E-state index contributed by atoms with van der Waals surface area (Å²) < 4.78 is 0. The number of Topliss-reactive ketones (excluding diaryl/α,β-unsaturated/α-hetero) is 1. The number of benzene rings is 1. The molecule has 27 heavy (non-hydrogen) atoms. The van der Waals surface area contributed by atoms with Crippen molar-refractivity contribution in [2.24, 2.45) is 11.8 Å². The van der Waals surface area contributed by atoms with E-state index in [1.165, 1.54) is 4.90 Å². The second-order valence-electron chi connectivity index (χ2n) is 7.57. The number of rotatable bonds is 5.